The summed E-state index contributed by atoms with van der Waals surface area (Å²) in [4.78, 5) is 25.3. The molecule has 6 nitrogen and oxygen atoms in total. The van der Waals surface area contributed by atoms with Crippen LogP contribution in [0.3, 0.4) is 0 Å². The number of methoxy groups -OCH3 is 3. The van der Waals surface area contributed by atoms with Gasteiger partial charge in [-0.25, -0.2) is 4.79 Å². The first-order valence-corrected chi connectivity index (χ1v) is 12.4. The molecule has 0 spiro atoms. The molecule has 0 bridgehead atoms. The molecule has 0 fully saturated rings. The number of carbonyl (C=O) groups is 2. The Balaban J connectivity index is 1.84. The maximum atomic E-state index is 13.0. The standard InChI is InChI=1S/C27H36O6S/c1-30-23-18-22(19-24(31-2)26(23)32-3)25(28)20-12-14-21(15-13-20)27(29)33-16-10-8-6-4-5-7-9-11-17-34/h12-15,18-19,34H,4-11,16-17H2,1-3H3. The van der Waals surface area contributed by atoms with E-state index in [1.54, 1.807) is 36.4 Å². The van der Waals surface area contributed by atoms with Crippen LogP contribution < -0.4 is 14.2 Å². The number of hydrogen-bond donors (Lipinski definition) is 1. The van der Waals surface area contributed by atoms with Gasteiger partial charge in [0, 0.05) is 11.1 Å². The molecule has 0 saturated carbocycles. The zero-order valence-corrected chi connectivity index (χ0v) is 21.3. The van der Waals surface area contributed by atoms with E-state index < -0.39 is 0 Å². The highest BCUT2D eigenvalue weighted by Crippen LogP contribution is 2.38. The Morgan fingerprint density at radius 3 is 1.68 bits per heavy atom. The summed E-state index contributed by atoms with van der Waals surface area (Å²) >= 11 is 4.23. The van der Waals surface area contributed by atoms with Crippen LogP contribution in [0.2, 0.25) is 0 Å². The molecule has 0 aliphatic carbocycles. The van der Waals surface area contributed by atoms with Crippen LogP contribution in [0.1, 0.15) is 77.6 Å². The van der Waals surface area contributed by atoms with Crippen LogP contribution in [0.15, 0.2) is 36.4 Å². The van der Waals surface area contributed by atoms with E-state index in [9.17, 15) is 9.59 Å². The fourth-order valence-electron chi connectivity index (χ4n) is 3.66. The van der Waals surface area contributed by atoms with Crippen LogP contribution in [0, 0.1) is 0 Å². The lowest BCUT2D eigenvalue weighted by Crippen LogP contribution is -2.08. The molecule has 0 aliphatic heterocycles. The minimum Gasteiger partial charge on any atom is -0.493 e. The van der Waals surface area contributed by atoms with Crippen LogP contribution in [-0.2, 0) is 4.74 Å². The number of unbranched alkanes of at least 4 members (excludes halogenated alkanes) is 7. The van der Waals surface area contributed by atoms with Crippen molar-refractivity contribution in [1.29, 1.82) is 0 Å². The maximum Gasteiger partial charge on any atom is 0.338 e. The predicted molar refractivity (Wildman–Crippen MR) is 137 cm³/mol. The molecule has 2 rings (SSSR count). The summed E-state index contributed by atoms with van der Waals surface area (Å²) in [5.41, 5.74) is 1.26. The Morgan fingerprint density at radius 1 is 0.676 bits per heavy atom. The molecule has 0 N–H and O–H groups in total. The van der Waals surface area contributed by atoms with Gasteiger partial charge in [0.2, 0.25) is 5.75 Å². The van der Waals surface area contributed by atoms with Crippen molar-refractivity contribution in [2.75, 3.05) is 33.7 Å². The molecule has 34 heavy (non-hydrogen) atoms. The zero-order valence-electron chi connectivity index (χ0n) is 20.4. The first kappa shape index (κ1) is 27.6. The Labute approximate surface area is 208 Å². The van der Waals surface area contributed by atoms with Gasteiger partial charge in [-0.05, 0) is 42.9 Å². The lowest BCUT2D eigenvalue weighted by molar-refractivity contribution is 0.0497. The number of benzene rings is 2. The van der Waals surface area contributed by atoms with E-state index in [-0.39, 0.29) is 11.8 Å². The van der Waals surface area contributed by atoms with Gasteiger partial charge in [-0.2, -0.15) is 12.6 Å². The van der Waals surface area contributed by atoms with E-state index >= 15 is 0 Å². The smallest absolute Gasteiger partial charge is 0.338 e. The molecule has 0 unspecified atom stereocenters. The average Bonchev–Trinajstić information content (AvgIpc) is 2.88. The van der Waals surface area contributed by atoms with Crippen molar-refractivity contribution in [1.82, 2.24) is 0 Å². The minimum absolute atomic E-state index is 0.218. The van der Waals surface area contributed by atoms with Gasteiger partial charge in [-0.3, -0.25) is 4.79 Å². The third-order valence-corrected chi connectivity index (χ3v) is 5.91. The number of carbonyl (C=O) groups excluding carboxylic acids is 2. The predicted octanol–water partition coefficient (Wildman–Crippen LogP) is 6.15. The Bertz CT molecular complexity index is 885. The summed E-state index contributed by atoms with van der Waals surface area (Å²) < 4.78 is 21.3. The molecule has 0 heterocycles. The summed E-state index contributed by atoms with van der Waals surface area (Å²) in [6.07, 6.45) is 9.29. The second-order valence-electron chi connectivity index (χ2n) is 8.01. The summed E-state index contributed by atoms with van der Waals surface area (Å²) in [5.74, 6) is 1.60. The summed E-state index contributed by atoms with van der Waals surface area (Å²) in [6.45, 7) is 0.407. The van der Waals surface area contributed by atoms with Gasteiger partial charge in [0.1, 0.15) is 0 Å². The van der Waals surface area contributed by atoms with Gasteiger partial charge >= 0.3 is 5.97 Å². The van der Waals surface area contributed by atoms with Crippen LogP contribution in [-0.4, -0.2) is 45.4 Å². The molecule has 2 aromatic rings. The molecule has 2 aromatic carbocycles. The molecular weight excluding hydrogens is 452 g/mol. The number of ether oxygens (including phenoxy) is 4. The molecule has 0 amide bonds. The van der Waals surface area contributed by atoms with Gasteiger partial charge in [-0.1, -0.05) is 50.7 Å². The van der Waals surface area contributed by atoms with E-state index in [0.29, 0.717) is 40.5 Å². The molecule has 0 aromatic heterocycles. The number of thiol groups is 1. The van der Waals surface area contributed by atoms with E-state index in [0.717, 1.165) is 25.0 Å². The third kappa shape index (κ3) is 8.28. The number of ketones is 1. The lowest BCUT2D eigenvalue weighted by atomic mass is 10.0. The van der Waals surface area contributed by atoms with Gasteiger partial charge in [-0.15, -0.1) is 0 Å². The zero-order chi connectivity index (χ0) is 24.8. The van der Waals surface area contributed by atoms with Gasteiger partial charge in [0.05, 0.1) is 33.5 Å². The van der Waals surface area contributed by atoms with Crippen molar-refractivity contribution >= 4 is 24.4 Å². The minimum atomic E-state index is -0.376. The lowest BCUT2D eigenvalue weighted by Gasteiger charge is -2.13. The van der Waals surface area contributed by atoms with Crippen LogP contribution in [0.25, 0.3) is 0 Å². The second-order valence-corrected chi connectivity index (χ2v) is 8.46. The summed E-state index contributed by atoms with van der Waals surface area (Å²) in [5, 5.41) is 0. The maximum absolute atomic E-state index is 13.0. The molecular formula is C27H36O6S. The largest absolute Gasteiger partial charge is 0.493 e. The first-order chi connectivity index (χ1) is 16.5. The Morgan fingerprint density at radius 2 is 1.18 bits per heavy atom. The fraction of sp³-hybridized carbons (Fsp3) is 0.481. The number of hydrogen-bond acceptors (Lipinski definition) is 7. The van der Waals surface area contributed by atoms with Crippen molar-refractivity contribution in [3.8, 4) is 17.2 Å². The Hall–Kier alpha value is -2.67. The van der Waals surface area contributed by atoms with E-state index in [2.05, 4.69) is 12.6 Å². The highest BCUT2D eigenvalue weighted by atomic mass is 32.1. The topological polar surface area (TPSA) is 71.1 Å². The monoisotopic (exact) mass is 488 g/mol. The average molecular weight is 489 g/mol. The summed E-state index contributed by atoms with van der Waals surface area (Å²) in [7, 11) is 4.50. The van der Waals surface area contributed by atoms with Gasteiger partial charge in [0.25, 0.3) is 0 Å². The normalized spacial score (nSPS) is 10.6. The molecule has 0 saturated heterocycles. The SMILES string of the molecule is COc1cc(C(=O)c2ccc(C(=O)OCCCCCCCCCCS)cc2)cc(OC)c1OC. The van der Waals surface area contributed by atoms with Crippen molar-refractivity contribution in [3.05, 3.63) is 53.1 Å². The third-order valence-electron chi connectivity index (χ3n) is 5.60. The first-order valence-electron chi connectivity index (χ1n) is 11.8. The second kappa shape index (κ2) is 15.3. The Kier molecular flexibility index (Phi) is 12.4. The van der Waals surface area contributed by atoms with E-state index in [4.69, 9.17) is 18.9 Å². The molecule has 0 aliphatic rings. The summed E-state index contributed by atoms with van der Waals surface area (Å²) in [6, 6.07) is 9.67. The highest BCUT2D eigenvalue weighted by Gasteiger charge is 2.18. The quantitative estimate of drug-likeness (QED) is 0.132. The fourth-order valence-corrected chi connectivity index (χ4v) is 3.88. The molecule has 186 valence electrons. The van der Waals surface area contributed by atoms with Crippen molar-refractivity contribution in [2.24, 2.45) is 0 Å². The van der Waals surface area contributed by atoms with Crippen LogP contribution in [0.5, 0.6) is 17.2 Å². The van der Waals surface area contributed by atoms with Crippen molar-refractivity contribution in [3.63, 3.8) is 0 Å². The van der Waals surface area contributed by atoms with Crippen LogP contribution in [0.4, 0.5) is 0 Å². The highest BCUT2D eigenvalue weighted by molar-refractivity contribution is 7.80. The molecule has 7 heteroatoms. The van der Waals surface area contributed by atoms with E-state index in [1.807, 2.05) is 0 Å². The van der Waals surface area contributed by atoms with E-state index in [1.165, 1.54) is 53.4 Å². The number of rotatable bonds is 16. The molecule has 0 atom stereocenters. The molecule has 0 radical (unpaired) electrons. The van der Waals surface area contributed by atoms with Gasteiger partial charge < -0.3 is 18.9 Å². The number of esters is 1. The van der Waals surface area contributed by atoms with Crippen molar-refractivity contribution in [2.45, 2.75) is 51.4 Å². The van der Waals surface area contributed by atoms with Gasteiger partial charge in [0.15, 0.2) is 17.3 Å². The van der Waals surface area contributed by atoms with Crippen LogP contribution >= 0.6 is 12.6 Å². The van der Waals surface area contributed by atoms with Crippen molar-refractivity contribution < 1.29 is 28.5 Å².